The number of nitrogens with one attached hydrogen (secondary N) is 3. The Hall–Kier alpha value is -4.83. The Balaban J connectivity index is 1.39. The lowest BCUT2D eigenvalue weighted by Gasteiger charge is -2.18. The number of aromatic nitrogens is 3. The van der Waals surface area contributed by atoms with Crippen LogP contribution in [0.5, 0.6) is 0 Å². The molecule has 3 N–H and O–H groups in total. The van der Waals surface area contributed by atoms with Crippen molar-refractivity contribution < 1.29 is 14.1 Å². The van der Waals surface area contributed by atoms with Gasteiger partial charge in [-0.3, -0.25) is 19.2 Å². The summed E-state index contributed by atoms with van der Waals surface area (Å²) in [7, 11) is 3.45. The second-order valence-electron chi connectivity index (χ2n) is 8.27. The van der Waals surface area contributed by atoms with E-state index >= 15 is 0 Å². The third-order valence-electron chi connectivity index (χ3n) is 5.90. The van der Waals surface area contributed by atoms with Crippen LogP contribution in [0.2, 0.25) is 5.02 Å². The fourth-order valence-corrected chi connectivity index (χ4v) is 4.13. The number of carbonyl (C=O) groups is 2. The molecule has 3 aromatic carbocycles. The van der Waals surface area contributed by atoms with Crippen molar-refractivity contribution in [2.45, 2.75) is 0 Å². The first-order chi connectivity index (χ1) is 17.8. The average molecular weight is 517 g/mol. The number of hydrogen-bond donors (Lipinski definition) is 3. The van der Waals surface area contributed by atoms with Gasteiger partial charge in [0.2, 0.25) is 0 Å². The zero-order valence-electron chi connectivity index (χ0n) is 19.8. The Morgan fingerprint density at radius 1 is 1.03 bits per heavy atom. The molecule has 186 valence electrons. The van der Waals surface area contributed by atoms with Crippen LogP contribution in [0.25, 0.3) is 22.3 Å². The maximum atomic E-state index is 13.2. The maximum Gasteiger partial charge on any atom is 0.439 e. The molecule has 11 heteroatoms. The van der Waals surface area contributed by atoms with Gasteiger partial charge < -0.3 is 15.2 Å². The molecule has 0 aliphatic carbocycles. The van der Waals surface area contributed by atoms with Gasteiger partial charge in [-0.2, -0.15) is 0 Å². The molecule has 10 nitrogen and oxygen atoms in total. The number of fused-ring (bicyclic) bond motifs is 1. The van der Waals surface area contributed by atoms with Crippen LogP contribution in [-0.4, -0.2) is 33.7 Å². The van der Waals surface area contributed by atoms with Crippen LogP contribution in [0.1, 0.15) is 10.5 Å². The number of hydrogen-bond acceptors (Lipinski definition) is 5. The first-order valence-corrected chi connectivity index (χ1v) is 11.5. The van der Waals surface area contributed by atoms with E-state index in [1.165, 1.54) is 4.90 Å². The zero-order chi connectivity index (χ0) is 26.1. The summed E-state index contributed by atoms with van der Waals surface area (Å²) in [5.41, 5.74) is 3.27. The van der Waals surface area contributed by atoms with Crippen molar-refractivity contribution in [2.75, 3.05) is 22.6 Å². The fourth-order valence-electron chi connectivity index (χ4n) is 3.96. The summed E-state index contributed by atoms with van der Waals surface area (Å²) in [6.45, 7) is 0. The van der Waals surface area contributed by atoms with E-state index in [9.17, 15) is 14.4 Å². The van der Waals surface area contributed by atoms with E-state index in [0.717, 1.165) is 16.6 Å². The van der Waals surface area contributed by atoms with Crippen molar-refractivity contribution in [1.82, 2.24) is 14.7 Å². The number of amides is 3. The highest BCUT2D eigenvalue weighted by atomic mass is 35.5. The van der Waals surface area contributed by atoms with E-state index in [1.54, 1.807) is 55.1 Å². The minimum atomic E-state index is -0.723. The minimum absolute atomic E-state index is 0.140. The van der Waals surface area contributed by atoms with Gasteiger partial charge in [-0.05, 0) is 48.5 Å². The van der Waals surface area contributed by atoms with Gasteiger partial charge in [0.1, 0.15) is 5.69 Å². The third kappa shape index (κ3) is 4.82. The highest BCUT2D eigenvalue weighted by Crippen LogP contribution is 2.29. The molecule has 3 amide bonds. The molecule has 0 aliphatic heterocycles. The normalized spacial score (nSPS) is 10.9. The highest BCUT2D eigenvalue weighted by molar-refractivity contribution is 6.31. The van der Waals surface area contributed by atoms with Gasteiger partial charge in [-0.25, -0.2) is 9.59 Å². The minimum Gasteiger partial charge on any atom is -0.340 e. The Labute approximate surface area is 215 Å². The molecule has 2 heterocycles. The largest absolute Gasteiger partial charge is 0.439 e. The topological polar surface area (TPSA) is 125 Å². The lowest BCUT2D eigenvalue weighted by molar-refractivity contribution is 0.101. The Morgan fingerprint density at radius 3 is 2.54 bits per heavy atom. The second-order valence-corrected chi connectivity index (χ2v) is 8.71. The first-order valence-electron chi connectivity index (χ1n) is 11.2. The number of aryl methyl sites for hydroxylation is 1. The molecule has 0 bridgehead atoms. The summed E-state index contributed by atoms with van der Waals surface area (Å²) in [5, 5.41) is 10.6. The van der Waals surface area contributed by atoms with Crippen molar-refractivity contribution in [1.29, 1.82) is 0 Å². The third-order valence-corrected chi connectivity index (χ3v) is 6.14. The monoisotopic (exact) mass is 516 g/mol. The highest BCUT2D eigenvalue weighted by Gasteiger charge is 2.18. The lowest BCUT2D eigenvalue weighted by atomic mass is 10.1. The van der Waals surface area contributed by atoms with E-state index in [1.807, 2.05) is 36.4 Å². The van der Waals surface area contributed by atoms with Crippen LogP contribution in [0.4, 0.5) is 21.9 Å². The lowest BCUT2D eigenvalue weighted by Crippen LogP contribution is -2.31. The zero-order valence-corrected chi connectivity index (χ0v) is 20.5. The van der Waals surface area contributed by atoms with Gasteiger partial charge in [0.05, 0.1) is 11.2 Å². The van der Waals surface area contributed by atoms with Crippen molar-refractivity contribution in [3.63, 3.8) is 0 Å². The molecule has 0 unspecified atom stereocenters. The molecule has 5 rings (SSSR count). The quantitative estimate of drug-likeness (QED) is 0.300. The second kappa shape index (κ2) is 9.67. The van der Waals surface area contributed by atoms with Gasteiger partial charge in [-0.1, -0.05) is 41.0 Å². The molecule has 37 heavy (non-hydrogen) atoms. The molecule has 0 saturated carbocycles. The predicted molar refractivity (Wildman–Crippen MR) is 142 cm³/mol. The molecule has 0 radical (unpaired) electrons. The first kappa shape index (κ1) is 23.9. The van der Waals surface area contributed by atoms with Crippen LogP contribution < -0.4 is 21.3 Å². The number of para-hydroxylation sites is 1. The van der Waals surface area contributed by atoms with Crippen LogP contribution >= 0.6 is 11.6 Å². The van der Waals surface area contributed by atoms with E-state index < -0.39 is 5.76 Å². The number of carbonyl (C=O) groups excluding carboxylic acids is 2. The number of benzene rings is 3. The Bertz CT molecular complexity index is 1690. The van der Waals surface area contributed by atoms with Gasteiger partial charge in [0.15, 0.2) is 5.82 Å². The number of anilines is 3. The Morgan fingerprint density at radius 2 is 1.81 bits per heavy atom. The van der Waals surface area contributed by atoms with Crippen LogP contribution in [-0.2, 0) is 7.05 Å². The summed E-state index contributed by atoms with van der Waals surface area (Å²) in [6.07, 6.45) is 0. The molecule has 0 saturated heterocycles. The molecular formula is C26H21ClN6O4. The van der Waals surface area contributed by atoms with Crippen molar-refractivity contribution in [2.24, 2.45) is 7.05 Å². The van der Waals surface area contributed by atoms with E-state index in [4.69, 9.17) is 11.6 Å². The van der Waals surface area contributed by atoms with Crippen LogP contribution in [0.3, 0.4) is 0 Å². The summed E-state index contributed by atoms with van der Waals surface area (Å²) < 4.78 is 6.32. The van der Waals surface area contributed by atoms with E-state index in [2.05, 4.69) is 25.3 Å². The molecule has 0 aliphatic rings. The van der Waals surface area contributed by atoms with Crippen LogP contribution in [0.15, 0.2) is 82.1 Å². The average Bonchev–Trinajstić information content (AvgIpc) is 3.48. The van der Waals surface area contributed by atoms with Crippen molar-refractivity contribution in [3.05, 3.63) is 94.1 Å². The summed E-state index contributed by atoms with van der Waals surface area (Å²) in [6, 6.07) is 21.0. The van der Waals surface area contributed by atoms with Crippen molar-refractivity contribution >= 4 is 51.5 Å². The van der Waals surface area contributed by atoms with Gasteiger partial charge in [0, 0.05) is 41.4 Å². The maximum absolute atomic E-state index is 13.2. The van der Waals surface area contributed by atoms with Crippen LogP contribution in [0, 0.1) is 0 Å². The number of H-pyrrole nitrogens is 1. The van der Waals surface area contributed by atoms with Crippen molar-refractivity contribution in [3.8, 4) is 11.4 Å². The molecule has 0 atom stereocenters. The van der Waals surface area contributed by atoms with Gasteiger partial charge in [0.25, 0.3) is 5.91 Å². The predicted octanol–water partition coefficient (Wildman–Crippen LogP) is 5.10. The number of rotatable bonds is 5. The Kier molecular flexibility index (Phi) is 6.24. The molecule has 0 spiro atoms. The van der Waals surface area contributed by atoms with E-state index in [-0.39, 0.29) is 17.8 Å². The fraction of sp³-hybridized carbons (Fsp3) is 0.0769. The number of halogens is 1. The standard InChI is InChI=1S/C26H21ClN6O4/c1-32(18-6-4-3-5-7-18)25(35)28-17-10-8-15-12-22(33(2)21(15)14-17)24(34)29-20-11-9-16(27)13-19(20)23-30-26(36)37-31-23/h3-14H,1-2H3,(H,28,35)(H,29,34)(H,30,31,36). The SMILES string of the molecule is CN(C(=O)Nc1ccc2cc(C(=O)Nc3ccc(Cl)cc3-c3noc(=O)[nH]3)n(C)c2c1)c1ccccc1. The number of nitrogens with zero attached hydrogens (tertiary/aromatic N) is 3. The molecule has 0 fully saturated rings. The molecule has 5 aromatic rings. The molecule has 2 aromatic heterocycles. The molecular weight excluding hydrogens is 496 g/mol. The van der Waals surface area contributed by atoms with Gasteiger partial charge in [-0.15, -0.1) is 0 Å². The smallest absolute Gasteiger partial charge is 0.340 e. The van der Waals surface area contributed by atoms with E-state index in [0.29, 0.717) is 27.7 Å². The number of aromatic amines is 1. The summed E-state index contributed by atoms with van der Waals surface area (Å²) in [5.74, 6) is -0.970. The van der Waals surface area contributed by atoms with Gasteiger partial charge >= 0.3 is 11.8 Å². The summed E-state index contributed by atoms with van der Waals surface area (Å²) in [4.78, 5) is 41.3. The number of urea groups is 1. The summed E-state index contributed by atoms with van der Waals surface area (Å²) >= 11 is 6.11.